The normalized spacial score (nSPS) is 49.2. The lowest BCUT2D eigenvalue weighted by molar-refractivity contribution is -0.166. The molecular weight excluding hydrogens is 344 g/mol. The highest BCUT2D eigenvalue weighted by atomic mass is 16.4. The van der Waals surface area contributed by atoms with Gasteiger partial charge in [-0.25, -0.2) is 0 Å². The monoisotopic (exact) mass is 378 g/mol. The predicted molar refractivity (Wildman–Crippen MR) is 99.9 cm³/mol. The summed E-state index contributed by atoms with van der Waals surface area (Å²) in [4.78, 5) is 23.7. The van der Waals surface area contributed by atoms with Crippen LogP contribution in [0.4, 0.5) is 0 Å². The van der Waals surface area contributed by atoms with Gasteiger partial charge in [-0.05, 0) is 73.5 Å². The van der Waals surface area contributed by atoms with Gasteiger partial charge in [-0.1, -0.05) is 20.8 Å². The van der Waals surface area contributed by atoms with Crippen LogP contribution < -0.4 is 0 Å². The third-order valence-corrected chi connectivity index (χ3v) is 9.49. The summed E-state index contributed by atoms with van der Waals surface area (Å²) in [6, 6.07) is 0. The number of carboxylic acids is 1. The molecule has 1 unspecified atom stereocenters. The Kier molecular flexibility index (Phi) is 4.16. The van der Waals surface area contributed by atoms with Crippen molar-refractivity contribution in [3.05, 3.63) is 0 Å². The van der Waals surface area contributed by atoms with Crippen LogP contribution in [0.3, 0.4) is 0 Å². The standard InChI is InChI=1S/C22H34O5/c1-19(2)14-6-9-21-11-13(22(27,12-21)17(24)10-18(25)26)4-5-15(21)20(14,3)8-7-16(19)23/h13-15,17,24,27H,4-12H2,1-3H3,(H,25,26)/t13-,14+,15-,17?,20+,21+,22-/m0/s1. The van der Waals surface area contributed by atoms with Gasteiger partial charge in [0.25, 0.3) is 0 Å². The number of carboxylic acid groups (broad SMARTS) is 1. The molecule has 4 rings (SSSR count). The summed E-state index contributed by atoms with van der Waals surface area (Å²) in [6.45, 7) is 6.59. The lowest BCUT2D eigenvalue weighted by Gasteiger charge is -2.63. The molecule has 4 aliphatic rings. The molecule has 27 heavy (non-hydrogen) atoms. The lowest BCUT2D eigenvalue weighted by Crippen LogP contribution is -2.58. The highest BCUT2D eigenvalue weighted by Gasteiger charge is 2.69. The molecule has 0 amide bonds. The summed E-state index contributed by atoms with van der Waals surface area (Å²) in [5.41, 5.74) is -1.50. The van der Waals surface area contributed by atoms with Crippen molar-refractivity contribution in [2.75, 3.05) is 0 Å². The largest absolute Gasteiger partial charge is 0.481 e. The van der Waals surface area contributed by atoms with Crippen LogP contribution in [0.1, 0.15) is 78.6 Å². The van der Waals surface area contributed by atoms with Gasteiger partial charge in [0, 0.05) is 11.8 Å². The van der Waals surface area contributed by atoms with E-state index >= 15 is 0 Å². The van der Waals surface area contributed by atoms with Crippen molar-refractivity contribution < 1.29 is 24.9 Å². The van der Waals surface area contributed by atoms with E-state index in [0.717, 1.165) is 38.5 Å². The number of rotatable bonds is 3. The number of hydrogen-bond donors (Lipinski definition) is 3. The third-order valence-electron chi connectivity index (χ3n) is 9.49. The molecule has 7 atom stereocenters. The lowest BCUT2D eigenvalue weighted by atomic mass is 9.41. The van der Waals surface area contributed by atoms with Gasteiger partial charge in [0.1, 0.15) is 5.78 Å². The Morgan fingerprint density at radius 2 is 1.85 bits per heavy atom. The van der Waals surface area contributed by atoms with E-state index in [1.165, 1.54) is 0 Å². The zero-order chi connectivity index (χ0) is 19.8. The van der Waals surface area contributed by atoms with Crippen LogP contribution in [0.2, 0.25) is 0 Å². The number of aliphatic hydroxyl groups excluding tert-OH is 1. The molecule has 2 bridgehead atoms. The first-order chi connectivity index (χ1) is 12.5. The van der Waals surface area contributed by atoms with E-state index in [9.17, 15) is 19.8 Å². The molecule has 0 aromatic rings. The summed E-state index contributed by atoms with van der Waals surface area (Å²) in [5, 5.41) is 31.0. The smallest absolute Gasteiger partial charge is 0.306 e. The molecule has 4 aliphatic carbocycles. The molecule has 1 spiro atoms. The van der Waals surface area contributed by atoms with E-state index in [4.69, 9.17) is 5.11 Å². The van der Waals surface area contributed by atoms with Crippen molar-refractivity contribution in [1.82, 2.24) is 0 Å². The summed E-state index contributed by atoms with van der Waals surface area (Å²) in [5.74, 6) is 0.125. The minimum absolute atomic E-state index is 0.0125. The predicted octanol–water partition coefficient (Wildman–Crippen LogP) is 3.16. The van der Waals surface area contributed by atoms with Gasteiger partial charge in [0.2, 0.25) is 0 Å². The maximum absolute atomic E-state index is 12.6. The van der Waals surface area contributed by atoms with E-state index in [1.807, 2.05) is 0 Å². The van der Waals surface area contributed by atoms with E-state index < -0.39 is 24.1 Å². The molecule has 152 valence electrons. The molecule has 0 saturated heterocycles. The Labute approximate surface area is 161 Å². The van der Waals surface area contributed by atoms with E-state index in [0.29, 0.717) is 30.5 Å². The van der Waals surface area contributed by atoms with Gasteiger partial charge >= 0.3 is 5.97 Å². The van der Waals surface area contributed by atoms with Crippen LogP contribution in [0.25, 0.3) is 0 Å². The highest BCUT2D eigenvalue weighted by molar-refractivity contribution is 5.85. The second-order valence-electron chi connectivity index (χ2n) is 10.9. The zero-order valence-electron chi connectivity index (χ0n) is 16.8. The van der Waals surface area contributed by atoms with Crippen molar-refractivity contribution >= 4 is 11.8 Å². The van der Waals surface area contributed by atoms with Gasteiger partial charge < -0.3 is 15.3 Å². The van der Waals surface area contributed by atoms with Crippen LogP contribution in [0.15, 0.2) is 0 Å². The Morgan fingerprint density at radius 3 is 2.52 bits per heavy atom. The van der Waals surface area contributed by atoms with Gasteiger partial charge in [0.05, 0.1) is 18.1 Å². The van der Waals surface area contributed by atoms with Crippen molar-refractivity contribution in [1.29, 1.82) is 0 Å². The zero-order valence-corrected chi connectivity index (χ0v) is 16.8. The minimum atomic E-state index is -1.28. The van der Waals surface area contributed by atoms with Gasteiger partial charge in [-0.3, -0.25) is 9.59 Å². The fourth-order valence-electron chi connectivity index (χ4n) is 8.30. The first-order valence-corrected chi connectivity index (χ1v) is 10.6. The Morgan fingerprint density at radius 1 is 1.15 bits per heavy atom. The number of carbonyl (C=O) groups is 2. The highest BCUT2D eigenvalue weighted by Crippen LogP contribution is 2.72. The minimum Gasteiger partial charge on any atom is -0.481 e. The van der Waals surface area contributed by atoms with Crippen LogP contribution in [-0.4, -0.2) is 38.8 Å². The van der Waals surface area contributed by atoms with Crippen LogP contribution in [-0.2, 0) is 9.59 Å². The summed E-state index contributed by atoms with van der Waals surface area (Å²) in [7, 11) is 0. The maximum atomic E-state index is 12.6. The molecule has 0 radical (unpaired) electrons. The fourth-order valence-corrected chi connectivity index (χ4v) is 8.30. The maximum Gasteiger partial charge on any atom is 0.306 e. The number of hydrogen-bond acceptors (Lipinski definition) is 4. The molecule has 5 heteroatoms. The molecule has 0 aliphatic heterocycles. The Bertz CT molecular complexity index is 672. The number of fused-ring (bicyclic) bond motifs is 3. The van der Waals surface area contributed by atoms with Crippen LogP contribution >= 0.6 is 0 Å². The van der Waals surface area contributed by atoms with Gasteiger partial charge in [-0.2, -0.15) is 0 Å². The van der Waals surface area contributed by atoms with Crippen molar-refractivity contribution in [3.8, 4) is 0 Å². The van der Waals surface area contributed by atoms with E-state index in [2.05, 4.69) is 20.8 Å². The average molecular weight is 379 g/mol. The number of aliphatic carboxylic acids is 1. The second-order valence-corrected chi connectivity index (χ2v) is 10.9. The fraction of sp³-hybridized carbons (Fsp3) is 0.909. The number of aliphatic hydroxyl groups is 2. The molecule has 0 heterocycles. The first kappa shape index (κ1) is 19.4. The van der Waals surface area contributed by atoms with Gasteiger partial charge in [-0.15, -0.1) is 0 Å². The number of Topliss-reactive ketones (excluding diaryl/α,β-unsaturated/α-hetero) is 1. The number of carbonyl (C=O) groups excluding carboxylic acids is 1. The molecular formula is C22H34O5. The topological polar surface area (TPSA) is 94.8 Å². The van der Waals surface area contributed by atoms with Crippen molar-refractivity contribution in [2.45, 2.75) is 90.3 Å². The first-order valence-electron chi connectivity index (χ1n) is 10.6. The second kappa shape index (κ2) is 5.79. The van der Waals surface area contributed by atoms with Crippen LogP contribution in [0, 0.1) is 34.0 Å². The van der Waals surface area contributed by atoms with E-state index in [-0.39, 0.29) is 22.2 Å². The molecule has 4 fully saturated rings. The molecule has 0 aromatic carbocycles. The summed E-state index contributed by atoms with van der Waals surface area (Å²) >= 11 is 0. The summed E-state index contributed by atoms with van der Waals surface area (Å²) < 4.78 is 0. The Balaban J connectivity index is 1.67. The van der Waals surface area contributed by atoms with Crippen molar-refractivity contribution in [2.24, 2.45) is 34.0 Å². The van der Waals surface area contributed by atoms with Crippen molar-refractivity contribution in [3.63, 3.8) is 0 Å². The van der Waals surface area contributed by atoms with Gasteiger partial charge in [0.15, 0.2) is 0 Å². The van der Waals surface area contributed by atoms with E-state index in [1.54, 1.807) is 0 Å². The SMILES string of the molecule is CC1(C)C(=O)CC[C@]2(C)[C@@H]1CC[C@]13C[C@H](CC[C@H]12)[C@](O)(C(O)CC(=O)O)C3. The molecule has 0 aromatic heterocycles. The average Bonchev–Trinajstić information content (AvgIpc) is 2.78. The third kappa shape index (κ3) is 2.50. The molecule has 5 nitrogen and oxygen atoms in total. The summed E-state index contributed by atoms with van der Waals surface area (Å²) in [6.07, 6.45) is 5.21. The van der Waals surface area contributed by atoms with Crippen LogP contribution in [0.5, 0.6) is 0 Å². The molecule has 4 saturated carbocycles. The Hall–Kier alpha value is -0.940. The quantitative estimate of drug-likeness (QED) is 0.701. The number of ketones is 1. The molecule has 3 N–H and O–H groups in total.